The number of amides is 1. The Balaban J connectivity index is 0.00000320. The number of furan rings is 1. The van der Waals surface area contributed by atoms with Crippen molar-refractivity contribution < 1.29 is 31.1 Å². The summed E-state index contributed by atoms with van der Waals surface area (Å²) in [6.07, 6.45) is 0.608. The number of hydrogen-bond acceptors (Lipinski definition) is 7. The van der Waals surface area contributed by atoms with Crippen LogP contribution in [0.1, 0.15) is 41.3 Å². The second-order valence-corrected chi connectivity index (χ2v) is 6.89. The van der Waals surface area contributed by atoms with Gasteiger partial charge >= 0.3 is 0 Å². The van der Waals surface area contributed by atoms with Gasteiger partial charge in [-0.1, -0.05) is 13.0 Å². The van der Waals surface area contributed by atoms with Gasteiger partial charge in [0.2, 0.25) is 0 Å². The molecule has 0 spiro atoms. The third-order valence-corrected chi connectivity index (χ3v) is 4.60. The van der Waals surface area contributed by atoms with Gasteiger partial charge in [-0.25, -0.2) is 6.07 Å². The molecule has 0 bridgehead atoms. The summed E-state index contributed by atoms with van der Waals surface area (Å²) < 4.78 is 5.57. The molecule has 3 rings (SSSR count). The standard InChI is InChI=1S/C21H22N3O5.Co/c1-5-13(15-10-9-11(2)29-15)22-16-17(20(27)19(16)26)23-14-8-6-7-12(18(14)25)21(28)24(3)4;/h6-8,10,13,22-23,25H,5H2,1-4H3;/q-1;/t13-;/m1./s1. The van der Waals surface area contributed by atoms with E-state index in [2.05, 4.69) is 16.7 Å². The first-order valence-corrected chi connectivity index (χ1v) is 9.13. The molecule has 0 saturated carbocycles. The molecule has 0 aliphatic heterocycles. The largest absolute Gasteiger partial charge is 0.568 e. The second-order valence-electron chi connectivity index (χ2n) is 6.89. The summed E-state index contributed by atoms with van der Waals surface area (Å²) in [5, 5.41) is 16.3. The van der Waals surface area contributed by atoms with Crippen molar-refractivity contribution in [3.05, 3.63) is 67.9 Å². The molecule has 1 heterocycles. The Bertz CT molecular complexity index is 1130. The number of para-hydroxylation sites is 1. The minimum atomic E-state index is -0.701. The molecular weight excluding hydrogens is 433 g/mol. The number of phenolic OH excluding ortho intramolecular Hbond substituents is 1. The summed E-state index contributed by atoms with van der Waals surface area (Å²) in [6.45, 7) is 3.68. The van der Waals surface area contributed by atoms with Gasteiger partial charge in [0.1, 0.15) is 11.4 Å². The van der Waals surface area contributed by atoms with Crippen LogP contribution in [0.3, 0.4) is 0 Å². The van der Waals surface area contributed by atoms with Gasteiger partial charge in [-0.3, -0.25) is 14.4 Å². The van der Waals surface area contributed by atoms with Gasteiger partial charge in [-0.15, -0.1) is 0 Å². The molecule has 30 heavy (non-hydrogen) atoms. The summed E-state index contributed by atoms with van der Waals surface area (Å²) in [5.74, 6) is 0.541. The van der Waals surface area contributed by atoms with Crippen molar-refractivity contribution in [2.45, 2.75) is 26.3 Å². The summed E-state index contributed by atoms with van der Waals surface area (Å²) in [5.41, 5.74) is -0.971. The summed E-state index contributed by atoms with van der Waals surface area (Å²) >= 11 is 0. The monoisotopic (exact) mass is 455 g/mol. The summed E-state index contributed by atoms with van der Waals surface area (Å²) in [6, 6.07) is 8.88. The average molecular weight is 455 g/mol. The van der Waals surface area contributed by atoms with Crippen molar-refractivity contribution >= 4 is 23.0 Å². The zero-order valence-corrected chi connectivity index (χ0v) is 18.0. The van der Waals surface area contributed by atoms with E-state index in [0.717, 1.165) is 0 Å². The molecule has 161 valence electrons. The van der Waals surface area contributed by atoms with Crippen LogP contribution in [-0.4, -0.2) is 30.0 Å². The van der Waals surface area contributed by atoms with Crippen LogP contribution in [0.15, 0.2) is 38.3 Å². The Kier molecular flexibility index (Phi) is 7.11. The van der Waals surface area contributed by atoms with Crippen molar-refractivity contribution in [2.75, 3.05) is 24.7 Å². The van der Waals surface area contributed by atoms with E-state index in [4.69, 9.17) is 4.42 Å². The van der Waals surface area contributed by atoms with E-state index in [-0.39, 0.29) is 57.1 Å². The van der Waals surface area contributed by atoms with Crippen molar-refractivity contribution in [3.8, 4) is 5.75 Å². The number of rotatable bonds is 7. The van der Waals surface area contributed by atoms with Gasteiger partial charge in [-0.2, -0.15) is 6.07 Å². The van der Waals surface area contributed by atoms with Crippen LogP contribution in [0.4, 0.5) is 17.1 Å². The van der Waals surface area contributed by atoms with Crippen LogP contribution in [0.25, 0.3) is 0 Å². The summed E-state index contributed by atoms with van der Waals surface area (Å²) in [4.78, 5) is 37.8. The molecule has 0 fully saturated rings. The van der Waals surface area contributed by atoms with Crippen molar-refractivity contribution in [1.29, 1.82) is 0 Å². The van der Waals surface area contributed by atoms with Crippen molar-refractivity contribution in [2.24, 2.45) is 0 Å². The number of aryl methyl sites for hydroxylation is 1. The minimum absolute atomic E-state index is 0. The van der Waals surface area contributed by atoms with Gasteiger partial charge in [-0.05, 0) is 37.0 Å². The zero-order chi connectivity index (χ0) is 21.3. The van der Waals surface area contributed by atoms with E-state index in [9.17, 15) is 19.5 Å². The van der Waals surface area contributed by atoms with Crippen LogP contribution in [-0.2, 0) is 16.8 Å². The van der Waals surface area contributed by atoms with Gasteiger partial charge < -0.3 is 25.1 Å². The Morgan fingerprint density at radius 2 is 1.90 bits per heavy atom. The van der Waals surface area contributed by atoms with Crippen LogP contribution in [0.2, 0.25) is 0 Å². The van der Waals surface area contributed by atoms with Gasteiger partial charge in [0, 0.05) is 36.9 Å². The topological polar surface area (TPSA) is 112 Å². The predicted octanol–water partition coefficient (Wildman–Crippen LogP) is 2.70. The molecule has 8 nitrogen and oxygen atoms in total. The smallest absolute Gasteiger partial charge is 0.257 e. The van der Waals surface area contributed by atoms with Crippen LogP contribution < -0.4 is 21.5 Å². The Morgan fingerprint density at radius 3 is 2.47 bits per heavy atom. The number of carbonyl (C=O) groups excluding carboxylic acids is 1. The zero-order valence-electron chi connectivity index (χ0n) is 17.0. The van der Waals surface area contributed by atoms with E-state index in [0.29, 0.717) is 17.9 Å². The number of phenols is 1. The first-order valence-electron chi connectivity index (χ1n) is 9.13. The van der Waals surface area contributed by atoms with Crippen LogP contribution in [0.5, 0.6) is 5.75 Å². The van der Waals surface area contributed by atoms with Crippen molar-refractivity contribution in [1.82, 2.24) is 4.90 Å². The number of nitrogens with one attached hydrogen (secondary N) is 2. The Hall–Kier alpha value is -3.04. The fraction of sp³-hybridized carbons (Fsp3) is 0.286. The van der Waals surface area contributed by atoms with E-state index < -0.39 is 10.9 Å². The van der Waals surface area contributed by atoms with Crippen LogP contribution in [0, 0.1) is 13.0 Å². The maximum absolute atomic E-state index is 12.2. The third-order valence-electron chi connectivity index (χ3n) is 4.60. The summed E-state index contributed by atoms with van der Waals surface area (Å²) in [7, 11) is 3.14. The molecule has 2 aromatic carbocycles. The average Bonchev–Trinajstić information content (AvgIpc) is 3.13. The Labute approximate surface area is 183 Å². The molecule has 0 aliphatic rings. The molecule has 9 heteroatoms. The molecule has 1 atom stereocenters. The number of benzene rings is 1. The van der Waals surface area contributed by atoms with Crippen LogP contribution >= 0.6 is 0 Å². The number of anilines is 3. The predicted molar refractivity (Wildman–Crippen MR) is 110 cm³/mol. The van der Waals surface area contributed by atoms with Crippen molar-refractivity contribution in [3.63, 3.8) is 0 Å². The quantitative estimate of drug-likeness (QED) is 0.285. The molecule has 1 aromatic heterocycles. The van der Waals surface area contributed by atoms with E-state index in [1.807, 2.05) is 6.92 Å². The number of carbonyl (C=O) groups is 1. The van der Waals surface area contributed by atoms with Gasteiger partial charge in [0.05, 0.1) is 11.3 Å². The SMILES string of the molecule is CC[C@@H](Nc1c(Nc2cccc(C(=O)N(C)C)c2O)c(=O)c1=O)c1c[c-]c(C)o1.[Co]. The molecule has 0 unspecified atom stereocenters. The maximum atomic E-state index is 12.2. The van der Waals surface area contributed by atoms with Gasteiger partial charge in [0.15, 0.2) is 5.75 Å². The molecular formula is C21H22CoN3O5-. The number of aromatic hydroxyl groups is 1. The molecule has 0 saturated heterocycles. The first kappa shape index (κ1) is 23.2. The number of hydrogen-bond donors (Lipinski definition) is 3. The molecule has 3 aromatic rings. The molecule has 1 amide bonds. The molecule has 1 radical (unpaired) electrons. The molecule has 0 aliphatic carbocycles. The Morgan fingerprint density at radius 1 is 1.23 bits per heavy atom. The van der Waals surface area contributed by atoms with E-state index in [1.54, 1.807) is 33.2 Å². The van der Waals surface area contributed by atoms with E-state index >= 15 is 0 Å². The number of nitrogens with zero attached hydrogens (tertiary/aromatic N) is 1. The molecule has 3 N–H and O–H groups in total. The fourth-order valence-electron chi connectivity index (χ4n) is 2.97. The van der Waals surface area contributed by atoms with E-state index in [1.165, 1.54) is 17.0 Å². The minimum Gasteiger partial charge on any atom is -0.568 e. The fourth-order valence-corrected chi connectivity index (χ4v) is 2.97. The maximum Gasteiger partial charge on any atom is 0.257 e. The second kappa shape index (κ2) is 9.18. The first-order chi connectivity index (χ1) is 13.7. The normalized spacial score (nSPS) is 11.6. The van der Waals surface area contributed by atoms with Gasteiger partial charge in [0.25, 0.3) is 16.8 Å². The third kappa shape index (κ3) is 4.26.